The molecule has 13 heteroatoms. The summed E-state index contributed by atoms with van der Waals surface area (Å²) in [5, 5.41) is 51.4. The zero-order chi connectivity index (χ0) is 20.5. The number of nitrogens with two attached hydrogens (primary N) is 1. The third kappa shape index (κ3) is 4.37. The summed E-state index contributed by atoms with van der Waals surface area (Å²) < 4.78 is 34.5. The second-order valence-corrected chi connectivity index (χ2v) is 7.76. The van der Waals surface area contributed by atoms with Crippen LogP contribution in [-0.2, 0) is 26.1 Å². The predicted octanol–water partition coefficient (Wildman–Crippen LogP) is -2.77. The minimum absolute atomic E-state index is 0.0393. The average molecular weight is 416 g/mol. The molecule has 1 fully saturated rings. The lowest BCUT2D eigenvalue weighted by Gasteiger charge is -2.39. The highest BCUT2D eigenvalue weighted by atomic mass is 32.2. The van der Waals surface area contributed by atoms with Crippen LogP contribution < -0.4 is 5.14 Å². The molecule has 0 saturated carbocycles. The molecule has 1 aliphatic rings. The van der Waals surface area contributed by atoms with E-state index in [-0.39, 0.29) is 11.5 Å². The van der Waals surface area contributed by atoms with E-state index >= 15 is 0 Å². The van der Waals surface area contributed by atoms with E-state index in [1.165, 1.54) is 35.1 Å². The molecule has 2 heterocycles. The molecule has 6 N–H and O–H groups in total. The number of rotatable bonds is 6. The summed E-state index contributed by atoms with van der Waals surface area (Å²) >= 11 is 0. The van der Waals surface area contributed by atoms with Crippen LogP contribution in [-0.4, -0.2) is 81.2 Å². The van der Waals surface area contributed by atoms with Gasteiger partial charge in [0, 0.05) is 0 Å². The van der Waals surface area contributed by atoms with Crippen LogP contribution in [0.2, 0.25) is 0 Å². The highest BCUT2D eigenvalue weighted by Crippen LogP contribution is 2.22. The van der Waals surface area contributed by atoms with E-state index in [4.69, 9.17) is 19.7 Å². The van der Waals surface area contributed by atoms with Gasteiger partial charge in [-0.25, -0.2) is 18.2 Å². The maximum Gasteiger partial charge on any atom is 0.238 e. The minimum atomic E-state index is -3.80. The van der Waals surface area contributed by atoms with Crippen LogP contribution in [0.15, 0.2) is 35.4 Å². The normalized spacial score (nSPS) is 28.4. The van der Waals surface area contributed by atoms with E-state index in [0.29, 0.717) is 11.4 Å². The van der Waals surface area contributed by atoms with Gasteiger partial charge in [-0.05, 0) is 24.3 Å². The first-order valence-electron chi connectivity index (χ1n) is 8.17. The lowest BCUT2D eigenvalue weighted by atomic mass is 9.99. The van der Waals surface area contributed by atoms with Crippen LogP contribution in [0.5, 0.6) is 0 Å². The quantitative estimate of drug-likeness (QED) is 0.329. The van der Waals surface area contributed by atoms with Crippen molar-refractivity contribution in [2.45, 2.75) is 42.2 Å². The van der Waals surface area contributed by atoms with Gasteiger partial charge in [-0.2, -0.15) is 0 Å². The third-order valence-corrected chi connectivity index (χ3v) is 5.14. The van der Waals surface area contributed by atoms with E-state index in [2.05, 4.69) is 10.3 Å². The molecule has 28 heavy (non-hydrogen) atoms. The van der Waals surface area contributed by atoms with Crippen LogP contribution in [0.25, 0.3) is 5.69 Å². The Hall–Kier alpha value is -1.97. The summed E-state index contributed by atoms with van der Waals surface area (Å²) in [6.45, 7) is -0.701. The number of aliphatic hydroxyl groups excluding tert-OH is 4. The predicted molar refractivity (Wildman–Crippen MR) is 91.3 cm³/mol. The fourth-order valence-electron chi connectivity index (χ4n) is 2.65. The van der Waals surface area contributed by atoms with Gasteiger partial charge >= 0.3 is 0 Å². The Labute approximate surface area is 159 Å². The lowest BCUT2D eigenvalue weighted by molar-refractivity contribution is -0.304. The smallest absolute Gasteiger partial charge is 0.238 e. The molecule has 3 rings (SSSR count). The van der Waals surface area contributed by atoms with Gasteiger partial charge in [-0.1, -0.05) is 5.21 Å². The molecule has 0 amide bonds. The summed E-state index contributed by atoms with van der Waals surface area (Å²) in [5.74, 6) is 0. The third-order valence-electron chi connectivity index (χ3n) is 4.21. The first-order valence-corrected chi connectivity index (χ1v) is 9.72. The molecule has 0 aliphatic carbocycles. The molecule has 0 spiro atoms. The number of ether oxygens (including phenoxy) is 2. The van der Waals surface area contributed by atoms with Crippen molar-refractivity contribution in [1.29, 1.82) is 0 Å². The van der Waals surface area contributed by atoms with E-state index in [9.17, 15) is 23.7 Å². The molecule has 154 valence electrons. The summed E-state index contributed by atoms with van der Waals surface area (Å²) in [6, 6.07) is 5.65. The topological polar surface area (TPSA) is 190 Å². The molecule has 1 saturated heterocycles. The number of benzene rings is 1. The molecule has 1 aromatic heterocycles. The standard InChI is InChI=1S/C15H20N4O8S/c16-28(24,25)10-3-1-9(2-4-10)19-5-8(17-18-19)7-26-15-14(23)13(22)12(21)11(6-20)27-15/h1-5,11-15,20-23H,6-7H2,(H2,16,24,25)/t11-,12+,13+,14-,15-/m1/s1. The molecule has 0 radical (unpaired) electrons. The minimum Gasteiger partial charge on any atom is -0.394 e. The van der Waals surface area contributed by atoms with Crippen LogP contribution in [0.4, 0.5) is 0 Å². The zero-order valence-electron chi connectivity index (χ0n) is 14.4. The van der Waals surface area contributed by atoms with Crippen LogP contribution in [0, 0.1) is 0 Å². The Morgan fingerprint density at radius 1 is 1.14 bits per heavy atom. The van der Waals surface area contributed by atoms with Crippen molar-refractivity contribution in [2.75, 3.05) is 6.61 Å². The Morgan fingerprint density at radius 3 is 2.43 bits per heavy atom. The van der Waals surface area contributed by atoms with Gasteiger partial charge in [-0.15, -0.1) is 5.10 Å². The van der Waals surface area contributed by atoms with E-state index in [1.54, 1.807) is 0 Å². The molecule has 0 bridgehead atoms. The summed E-state index contributed by atoms with van der Waals surface area (Å²) in [7, 11) is -3.80. The van der Waals surface area contributed by atoms with E-state index in [1.807, 2.05) is 0 Å². The van der Waals surface area contributed by atoms with Gasteiger partial charge in [0.15, 0.2) is 6.29 Å². The second-order valence-electron chi connectivity index (χ2n) is 6.20. The van der Waals surface area contributed by atoms with Crippen LogP contribution in [0.1, 0.15) is 5.69 Å². The Bertz CT molecular complexity index is 901. The van der Waals surface area contributed by atoms with Gasteiger partial charge < -0.3 is 29.9 Å². The lowest BCUT2D eigenvalue weighted by Crippen LogP contribution is -2.59. The van der Waals surface area contributed by atoms with Crippen LogP contribution in [0.3, 0.4) is 0 Å². The number of aliphatic hydroxyl groups is 4. The van der Waals surface area contributed by atoms with Crippen molar-refractivity contribution >= 4 is 10.0 Å². The van der Waals surface area contributed by atoms with E-state index in [0.717, 1.165) is 0 Å². The van der Waals surface area contributed by atoms with Crippen molar-refractivity contribution < 1.29 is 38.3 Å². The fraction of sp³-hybridized carbons (Fsp3) is 0.467. The molecule has 2 aromatic rings. The Balaban J connectivity index is 1.65. The SMILES string of the molecule is NS(=O)(=O)c1ccc(-n2cc(CO[C@@H]3O[C@H](CO)[C@H](O)[C@H](O)[C@H]3O)nn2)cc1. The monoisotopic (exact) mass is 416 g/mol. The van der Waals surface area contributed by atoms with E-state index < -0.39 is 47.3 Å². The van der Waals surface area contributed by atoms with Crippen LogP contribution >= 0.6 is 0 Å². The number of nitrogens with zero attached hydrogens (tertiary/aromatic N) is 3. The van der Waals surface area contributed by atoms with Crippen molar-refractivity contribution in [3.63, 3.8) is 0 Å². The number of hydrogen-bond donors (Lipinski definition) is 5. The molecule has 5 atom stereocenters. The summed E-state index contributed by atoms with van der Waals surface area (Å²) in [6.07, 6.45) is -5.37. The van der Waals surface area contributed by atoms with Crippen molar-refractivity contribution in [2.24, 2.45) is 5.14 Å². The summed E-state index contributed by atoms with van der Waals surface area (Å²) in [5.41, 5.74) is 0.881. The molecule has 1 aliphatic heterocycles. The Morgan fingerprint density at radius 2 is 1.82 bits per heavy atom. The van der Waals surface area contributed by atoms with Crippen molar-refractivity contribution in [3.8, 4) is 5.69 Å². The van der Waals surface area contributed by atoms with Gasteiger partial charge in [0.05, 0.1) is 30.0 Å². The number of sulfonamides is 1. The first-order chi connectivity index (χ1) is 13.2. The first kappa shape index (κ1) is 20.8. The average Bonchev–Trinajstić information content (AvgIpc) is 3.14. The Kier molecular flexibility index (Phi) is 6.07. The molecule has 0 unspecified atom stereocenters. The largest absolute Gasteiger partial charge is 0.394 e. The molecular formula is C15H20N4O8S. The number of primary sulfonamides is 1. The molecular weight excluding hydrogens is 396 g/mol. The fourth-order valence-corrected chi connectivity index (χ4v) is 3.17. The van der Waals surface area contributed by atoms with Crippen molar-refractivity contribution in [1.82, 2.24) is 15.0 Å². The highest BCUT2D eigenvalue weighted by Gasteiger charge is 2.44. The maximum absolute atomic E-state index is 11.3. The highest BCUT2D eigenvalue weighted by molar-refractivity contribution is 7.89. The second kappa shape index (κ2) is 8.18. The number of hydrogen-bond acceptors (Lipinski definition) is 10. The van der Waals surface area contributed by atoms with Gasteiger partial charge in [0.25, 0.3) is 0 Å². The van der Waals surface area contributed by atoms with Gasteiger partial charge in [0.2, 0.25) is 10.0 Å². The molecule has 1 aromatic carbocycles. The summed E-state index contributed by atoms with van der Waals surface area (Å²) in [4.78, 5) is -0.0393. The maximum atomic E-state index is 11.3. The van der Waals surface area contributed by atoms with Gasteiger partial charge in [-0.3, -0.25) is 0 Å². The zero-order valence-corrected chi connectivity index (χ0v) is 15.3. The van der Waals surface area contributed by atoms with Crippen molar-refractivity contribution in [3.05, 3.63) is 36.2 Å². The molecule has 12 nitrogen and oxygen atoms in total. The van der Waals surface area contributed by atoms with Gasteiger partial charge in [0.1, 0.15) is 30.1 Å². The number of aromatic nitrogens is 3.